The van der Waals surface area contributed by atoms with E-state index >= 15 is 0 Å². The van der Waals surface area contributed by atoms with Gasteiger partial charge in [0.15, 0.2) is 0 Å². The number of aromatic nitrogens is 1. The number of hydrogen-bond donors (Lipinski definition) is 2. The lowest BCUT2D eigenvalue weighted by atomic mass is 9.85. The summed E-state index contributed by atoms with van der Waals surface area (Å²) >= 11 is 1.68. The van der Waals surface area contributed by atoms with Crippen LogP contribution in [0.15, 0.2) is 24.3 Å². The molecule has 3 atom stereocenters. The Morgan fingerprint density at radius 3 is 2.64 bits per heavy atom. The van der Waals surface area contributed by atoms with Crippen LogP contribution in [0, 0.1) is 25.7 Å². The summed E-state index contributed by atoms with van der Waals surface area (Å²) in [6, 6.07) is 8.43. The Kier molecular flexibility index (Phi) is 8.47. The summed E-state index contributed by atoms with van der Waals surface area (Å²) < 4.78 is 0. The number of carbonyl (C=O) groups is 1. The summed E-state index contributed by atoms with van der Waals surface area (Å²) in [7, 11) is 0. The second-order valence-electron chi connectivity index (χ2n) is 7.91. The first-order valence-corrected chi connectivity index (χ1v) is 10.8. The number of nitrogens with one attached hydrogen (secondary N) is 2. The predicted octanol–water partition coefficient (Wildman–Crippen LogP) is 5.05. The zero-order valence-electron chi connectivity index (χ0n) is 17.2. The van der Waals surface area contributed by atoms with E-state index in [-0.39, 0.29) is 24.4 Å². The van der Waals surface area contributed by atoms with Crippen LogP contribution in [0.5, 0.6) is 0 Å². The highest BCUT2D eigenvalue weighted by atomic mass is 35.5. The third-order valence-electron chi connectivity index (χ3n) is 5.55. The third-order valence-corrected chi connectivity index (χ3v) is 6.94. The molecule has 1 aliphatic rings. The minimum Gasteiger partial charge on any atom is -0.349 e. The topological polar surface area (TPSA) is 54.0 Å². The van der Waals surface area contributed by atoms with Crippen LogP contribution in [0.2, 0.25) is 0 Å². The van der Waals surface area contributed by atoms with E-state index in [9.17, 15) is 4.79 Å². The Labute approximate surface area is 179 Å². The van der Waals surface area contributed by atoms with Gasteiger partial charge in [-0.3, -0.25) is 4.79 Å². The van der Waals surface area contributed by atoms with Crippen molar-refractivity contribution in [1.82, 2.24) is 15.6 Å². The van der Waals surface area contributed by atoms with Crippen molar-refractivity contribution < 1.29 is 4.79 Å². The average molecular weight is 422 g/mol. The predicted molar refractivity (Wildman–Crippen MR) is 120 cm³/mol. The van der Waals surface area contributed by atoms with Crippen LogP contribution in [-0.4, -0.2) is 24.0 Å². The molecule has 28 heavy (non-hydrogen) atoms. The molecule has 154 valence electrons. The van der Waals surface area contributed by atoms with Crippen LogP contribution < -0.4 is 10.6 Å². The Bertz CT molecular complexity index is 769. The number of piperidine rings is 1. The lowest BCUT2D eigenvalue weighted by molar-refractivity contribution is -0.123. The molecule has 2 N–H and O–H groups in total. The third kappa shape index (κ3) is 5.79. The normalized spacial score (nSPS) is 18.8. The Hall–Kier alpha value is -1.43. The van der Waals surface area contributed by atoms with Crippen LogP contribution in [0.4, 0.5) is 0 Å². The maximum atomic E-state index is 12.6. The van der Waals surface area contributed by atoms with Crippen LogP contribution in [0.3, 0.4) is 0 Å². The number of amides is 1. The molecule has 2 aromatic rings. The Morgan fingerprint density at radius 2 is 2.00 bits per heavy atom. The number of carbonyl (C=O) groups excluding carboxylic acids is 1. The molecule has 3 rings (SSSR count). The van der Waals surface area contributed by atoms with Crippen LogP contribution in [0.25, 0.3) is 10.6 Å². The molecule has 4 nitrogen and oxygen atoms in total. The number of nitrogens with zero attached hydrogens (tertiary/aromatic N) is 1. The SMILES string of the molecule is Cc1ccc(-c2nc(C)c(C(C)NC(=O)CC(C)C3CCCNC3)s2)cc1.Cl. The number of rotatable bonds is 6. The van der Waals surface area contributed by atoms with Crippen molar-refractivity contribution in [2.45, 2.75) is 53.0 Å². The molecule has 0 aliphatic carbocycles. The smallest absolute Gasteiger partial charge is 0.220 e. The van der Waals surface area contributed by atoms with Crippen molar-refractivity contribution in [3.63, 3.8) is 0 Å². The molecule has 2 heterocycles. The first kappa shape index (κ1) is 22.9. The largest absolute Gasteiger partial charge is 0.349 e. The molecule has 1 saturated heterocycles. The molecule has 0 spiro atoms. The maximum absolute atomic E-state index is 12.6. The number of hydrogen-bond acceptors (Lipinski definition) is 4. The molecular weight excluding hydrogens is 390 g/mol. The number of thiazole rings is 1. The van der Waals surface area contributed by atoms with Crippen molar-refractivity contribution >= 4 is 29.7 Å². The zero-order valence-corrected chi connectivity index (χ0v) is 18.9. The lowest BCUT2D eigenvalue weighted by Gasteiger charge is -2.28. The Balaban J connectivity index is 0.00000280. The van der Waals surface area contributed by atoms with Crippen molar-refractivity contribution in [2.75, 3.05) is 13.1 Å². The van der Waals surface area contributed by atoms with Gasteiger partial charge in [-0.25, -0.2) is 4.98 Å². The molecule has 1 aromatic carbocycles. The van der Waals surface area contributed by atoms with Crippen molar-refractivity contribution in [3.05, 3.63) is 40.4 Å². The molecule has 1 amide bonds. The van der Waals surface area contributed by atoms with Gasteiger partial charge in [0.1, 0.15) is 5.01 Å². The fraction of sp³-hybridized carbons (Fsp3) is 0.545. The fourth-order valence-electron chi connectivity index (χ4n) is 3.82. The van der Waals surface area contributed by atoms with E-state index < -0.39 is 0 Å². The van der Waals surface area contributed by atoms with E-state index in [0.29, 0.717) is 18.3 Å². The van der Waals surface area contributed by atoms with Gasteiger partial charge >= 0.3 is 0 Å². The average Bonchev–Trinajstić information content (AvgIpc) is 3.04. The van der Waals surface area contributed by atoms with Gasteiger partial charge < -0.3 is 10.6 Å². The van der Waals surface area contributed by atoms with Crippen LogP contribution in [-0.2, 0) is 4.79 Å². The van der Waals surface area contributed by atoms with Gasteiger partial charge in [-0.05, 0) is 58.5 Å². The van der Waals surface area contributed by atoms with E-state index in [1.54, 1.807) is 11.3 Å². The molecule has 0 radical (unpaired) electrons. The van der Waals surface area contributed by atoms with Gasteiger partial charge in [-0.15, -0.1) is 23.7 Å². The molecule has 6 heteroatoms. The molecular formula is C22H32ClN3OS. The van der Waals surface area contributed by atoms with Gasteiger partial charge in [0.25, 0.3) is 0 Å². The molecule has 1 aliphatic heterocycles. The highest BCUT2D eigenvalue weighted by Crippen LogP contribution is 2.32. The van der Waals surface area contributed by atoms with E-state index in [1.165, 1.54) is 18.4 Å². The monoisotopic (exact) mass is 421 g/mol. The summed E-state index contributed by atoms with van der Waals surface area (Å²) in [5.41, 5.74) is 3.39. The summed E-state index contributed by atoms with van der Waals surface area (Å²) in [4.78, 5) is 18.4. The summed E-state index contributed by atoms with van der Waals surface area (Å²) in [5, 5.41) is 7.66. The molecule has 0 saturated carbocycles. The number of halogens is 1. The molecule has 1 aromatic heterocycles. The molecule has 1 fully saturated rings. The Morgan fingerprint density at radius 1 is 1.29 bits per heavy atom. The quantitative estimate of drug-likeness (QED) is 0.685. The fourth-order valence-corrected chi connectivity index (χ4v) is 4.89. The van der Waals surface area contributed by atoms with Gasteiger partial charge in [-0.2, -0.15) is 0 Å². The van der Waals surface area contributed by atoms with E-state index in [1.807, 2.05) is 6.92 Å². The van der Waals surface area contributed by atoms with Crippen LogP contribution in [0.1, 0.15) is 55.3 Å². The second-order valence-corrected chi connectivity index (χ2v) is 8.94. The van der Waals surface area contributed by atoms with E-state index in [0.717, 1.165) is 34.2 Å². The van der Waals surface area contributed by atoms with Gasteiger partial charge in [-0.1, -0.05) is 36.8 Å². The summed E-state index contributed by atoms with van der Waals surface area (Å²) in [6.45, 7) is 10.5. The molecule has 0 bridgehead atoms. The number of benzene rings is 1. The number of aryl methyl sites for hydroxylation is 2. The minimum atomic E-state index is -0.00845. The first-order valence-electron chi connectivity index (χ1n) is 9.98. The first-order chi connectivity index (χ1) is 12.9. The highest BCUT2D eigenvalue weighted by molar-refractivity contribution is 7.15. The van der Waals surface area contributed by atoms with Gasteiger partial charge in [0, 0.05) is 12.0 Å². The minimum absolute atomic E-state index is 0. The summed E-state index contributed by atoms with van der Waals surface area (Å²) in [6.07, 6.45) is 3.04. The molecule has 3 unspecified atom stereocenters. The summed E-state index contributed by atoms with van der Waals surface area (Å²) in [5.74, 6) is 1.17. The van der Waals surface area contributed by atoms with E-state index in [2.05, 4.69) is 55.7 Å². The zero-order chi connectivity index (χ0) is 19.4. The maximum Gasteiger partial charge on any atom is 0.220 e. The standard InChI is InChI=1S/C22H31N3OS.ClH/c1-14-7-9-18(10-8-14)22-25-17(4)21(27-22)16(3)24-20(26)12-15(2)19-6-5-11-23-13-19;/h7-10,15-16,19,23H,5-6,11-13H2,1-4H3,(H,24,26);1H. The second kappa shape index (κ2) is 10.4. The van der Waals surface area contributed by atoms with Crippen molar-refractivity contribution in [2.24, 2.45) is 11.8 Å². The van der Waals surface area contributed by atoms with Gasteiger partial charge in [0.05, 0.1) is 16.6 Å². The van der Waals surface area contributed by atoms with Gasteiger partial charge in [0.2, 0.25) is 5.91 Å². The van der Waals surface area contributed by atoms with Crippen molar-refractivity contribution in [3.8, 4) is 10.6 Å². The highest BCUT2D eigenvalue weighted by Gasteiger charge is 2.23. The van der Waals surface area contributed by atoms with E-state index in [4.69, 9.17) is 4.98 Å². The van der Waals surface area contributed by atoms with Crippen LogP contribution >= 0.6 is 23.7 Å². The van der Waals surface area contributed by atoms with Crippen molar-refractivity contribution in [1.29, 1.82) is 0 Å². The lowest BCUT2D eigenvalue weighted by Crippen LogP contribution is -2.36.